The zero-order chi connectivity index (χ0) is 58.9. The zero-order valence-corrected chi connectivity index (χ0v) is 55.5. The molecule has 1 heterocycles. The Morgan fingerprint density at radius 1 is 0.227 bits per heavy atom. The Bertz CT molecular complexity index is 2430. The summed E-state index contributed by atoms with van der Waals surface area (Å²) in [4.78, 5) is 0. The van der Waals surface area contributed by atoms with Crippen molar-refractivity contribution in [1.29, 1.82) is 0 Å². The largest absolute Gasteiger partial charge is 0.173 e. The van der Waals surface area contributed by atoms with Crippen molar-refractivity contribution >= 4 is 44.3 Å². The lowest BCUT2D eigenvalue weighted by atomic mass is 9.78. The van der Waals surface area contributed by atoms with Crippen molar-refractivity contribution in [2.24, 2.45) is 0 Å². The first kappa shape index (κ1) is 70.7. The minimum absolute atomic E-state index is 0.115. The van der Waals surface area contributed by atoms with Crippen molar-refractivity contribution in [2.45, 2.75) is 265 Å². The predicted octanol–water partition coefficient (Wildman–Crippen LogP) is 23.5. The smallest absolute Gasteiger partial charge is 0.108 e. The van der Waals surface area contributed by atoms with Crippen LogP contribution in [0.3, 0.4) is 0 Å². The Morgan fingerprint density at radius 3 is 0.560 bits per heavy atom. The Labute approximate surface area is 469 Å². The normalized spacial score (nSPS) is 12.0. The molecular weight excluding hydrogens is 925 g/mol. The molecule has 0 spiro atoms. The summed E-state index contributed by atoms with van der Waals surface area (Å²) in [6.45, 7) is 70.2. The van der Waals surface area contributed by atoms with Crippen LogP contribution in [0.4, 0.5) is 0 Å². The monoisotopic (exact) mass is 1040 g/mol. The third-order valence-electron chi connectivity index (χ3n) is 12.7. The van der Waals surface area contributed by atoms with Gasteiger partial charge in [0.15, 0.2) is 0 Å². The molecular formula is C72H114N2S. The van der Waals surface area contributed by atoms with Crippen LogP contribution < -0.4 is 0 Å². The average Bonchev–Trinajstić information content (AvgIpc) is 3.81. The van der Waals surface area contributed by atoms with Gasteiger partial charge >= 0.3 is 0 Å². The molecule has 0 saturated carbocycles. The van der Waals surface area contributed by atoms with Gasteiger partial charge in [-0.05, 0) is 109 Å². The molecule has 1 aromatic heterocycles. The SMILES string of the molecule is CC.CC.CC.CC.CC(C)(C)c1ccc(C(C)(C)C)c2ccccc12.CC(C)(C)c1ccc(C(C)(C)C)c2ccccc12.CC(C)(C)c1ccc(C(C)(C)C)c2nsnc12.CC(C)(C)c1ccc(C(C)(C)C)cc1. The maximum absolute atomic E-state index is 4.49. The molecule has 0 aliphatic rings. The molecule has 0 radical (unpaired) electrons. The van der Waals surface area contributed by atoms with Gasteiger partial charge < -0.3 is 0 Å². The van der Waals surface area contributed by atoms with Crippen LogP contribution in [0, 0.1) is 0 Å². The minimum Gasteiger partial charge on any atom is -0.173 e. The highest BCUT2D eigenvalue weighted by atomic mass is 32.1. The van der Waals surface area contributed by atoms with Crippen LogP contribution in [-0.4, -0.2) is 8.75 Å². The fraction of sp³-hybridized carbons (Fsp3) is 0.556. The summed E-state index contributed by atoms with van der Waals surface area (Å²) < 4.78 is 8.98. The number of hydrogen-bond acceptors (Lipinski definition) is 3. The van der Waals surface area contributed by atoms with E-state index in [1.165, 1.54) is 77.8 Å². The van der Waals surface area contributed by atoms with Crippen molar-refractivity contribution in [1.82, 2.24) is 8.75 Å². The van der Waals surface area contributed by atoms with Gasteiger partial charge in [-0.1, -0.05) is 331 Å². The fourth-order valence-corrected chi connectivity index (χ4v) is 9.34. The molecule has 0 bridgehead atoms. The maximum Gasteiger partial charge on any atom is 0.108 e. The third kappa shape index (κ3) is 20.5. The topological polar surface area (TPSA) is 25.8 Å². The van der Waals surface area contributed by atoms with Crippen molar-refractivity contribution in [3.05, 3.63) is 154 Å². The molecule has 0 unspecified atom stereocenters. The van der Waals surface area contributed by atoms with Gasteiger partial charge in [-0.3, -0.25) is 0 Å². The van der Waals surface area contributed by atoms with E-state index in [2.05, 4.69) is 284 Å². The zero-order valence-electron chi connectivity index (χ0n) is 54.7. The second-order valence-corrected chi connectivity index (χ2v) is 27.6. The van der Waals surface area contributed by atoms with Crippen molar-refractivity contribution in [3.63, 3.8) is 0 Å². The Morgan fingerprint density at radius 2 is 0.400 bits per heavy atom. The number of rotatable bonds is 0. The average molecular weight is 1040 g/mol. The van der Waals surface area contributed by atoms with Crippen LogP contribution in [0.15, 0.2) is 109 Å². The molecule has 75 heavy (non-hydrogen) atoms. The van der Waals surface area contributed by atoms with Crippen molar-refractivity contribution in [2.75, 3.05) is 0 Å². The van der Waals surface area contributed by atoms with E-state index in [1.54, 1.807) is 0 Å². The van der Waals surface area contributed by atoms with Crippen LogP contribution in [0.1, 0.15) is 266 Å². The van der Waals surface area contributed by atoms with E-state index in [-0.39, 0.29) is 43.3 Å². The van der Waals surface area contributed by atoms with Crippen LogP contribution >= 0.6 is 11.7 Å². The lowest BCUT2D eigenvalue weighted by Gasteiger charge is -2.26. The highest BCUT2D eigenvalue weighted by Gasteiger charge is 2.26. The van der Waals surface area contributed by atoms with Crippen LogP contribution in [0.25, 0.3) is 32.6 Å². The summed E-state index contributed by atoms with van der Waals surface area (Å²) in [6, 6.07) is 40.3. The van der Waals surface area contributed by atoms with E-state index in [0.717, 1.165) is 11.0 Å². The molecule has 0 atom stereocenters. The van der Waals surface area contributed by atoms with Gasteiger partial charge in [-0.25, -0.2) is 0 Å². The summed E-state index contributed by atoms with van der Waals surface area (Å²) in [7, 11) is 0. The molecule has 2 nitrogen and oxygen atoms in total. The molecule has 6 aromatic carbocycles. The van der Waals surface area contributed by atoms with E-state index in [4.69, 9.17) is 0 Å². The van der Waals surface area contributed by atoms with Crippen molar-refractivity contribution in [3.8, 4) is 0 Å². The standard InChI is InChI=1S/2C18H24.C14H20N2S.C14H22.4C2H6/c2*1-17(2,3)15-11-12-16(18(4,5)6)14-10-8-7-9-13(14)15;1-13(2,3)9-7-8-10(14(4,5)6)12-11(9)15-17-16-12;1-13(2,3)11-7-9-12(10-8-11)14(4,5)6;4*1-2/h2*7-12H,1-6H3;7-8H,1-6H3;7-10H,1-6H3;4*1-2H3. The molecule has 3 heteroatoms. The summed E-state index contributed by atoms with van der Waals surface area (Å²) >= 11 is 1.31. The fourth-order valence-electron chi connectivity index (χ4n) is 8.76. The van der Waals surface area contributed by atoms with Gasteiger partial charge in [-0.15, -0.1) is 0 Å². The molecule has 7 aromatic rings. The van der Waals surface area contributed by atoms with E-state index in [1.807, 2.05) is 55.4 Å². The first-order valence-electron chi connectivity index (χ1n) is 28.8. The van der Waals surface area contributed by atoms with E-state index in [9.17, 15) is 0 Å². The van der Waals surface area contributed by atoms with E-state index < -0.39 is 0 Å². The quantitative estimate of drug-likeness (QED) is 0.151. The second-order valence-electron chi connectivity index (χ2n) is 27.1. The first-order valence-corrected chi connectivity index (χ1v) is 29.5. The summed E-state index contributed by atoms with van der Waals surface area (Å²) in [6.07, 6.45) is 0. The highest BCUT2D eigenvalue weighted by molar-refractivity contribution is 7.00. The minimum atomic E-state index is 0.115. The van der Waals surface area contributed by atoms with E-state index >= 15 is 0 Å². The Hall–Kier alpha value is -4.34. The van der Waals surface area contributed by atoms with Gasteiger partial charge in [0.1, 0.15) is 11.0 Å². The number of hydrogen-bond donors (Lipinski definition) is 0. The summed E-state index contributed by atoms with van der Waals surface area (Å²) in [5.74, 6) is 0. The molecule has 0 amide bonds. The molecule has 0 fully saturated rings. The van der Waals surface area contributed by atoms with Gasteiger partial charge in [0.25, 0.3) is 0 Å². The molecule has 7 rings (SSSR count). The number of nitrogens with zero attached hydrogens (tertiary/aromatic N) is 2. The number of benzene rings is 6. The number of fused-ring (bicyclic) bond motifs is 3. The Balaban J connectivity index is 0.000000933. The second kappa shape index (κ2) is 28.9. The van der Waals surface area contributed by atoms with Gasteiger partial charge in [0, 0.05) is 0 Å². The van der Waals surface area contributed by atoms with Gasteiger partial charge in [0.2, 0.25) is 0 Å². The summed E-state index contributed by atoms with van der Waals surface area (Å²) in [5.41, 5.74) is 14.8. The Kier molecular flexibility index (Phi) is 27.2. The molecule has 0 N–H and O–H groups in total. The number of aromatic nitrogens is 2. The van der Waals surface area contributed by atoms with E-state index in [0.29, 0.717) is 0 Å². The maximum atomic E-state index is 4.49. The van der Waals surface area contributed by atoms with Crippen molar-refractivity contribution < 1.29 is 0 Å². The molecule has 0 saturated heterocycles. The summed E-state index contributed by atoms with van der Waals surface area (Å²) in [5, 5.41) is 5.60. The molecule has 0 aliphatic carbocycles. The highest BCUT2D eigenvalue weighted by Crippen LogP contribution is 2.39. The lowest BCUT2D eigenvalue weighted by Crippen LogP contribution is -2.16. The first-order chi connectivity index (χ1) is 34.3. The molecule has 418 valence electrons. The third-order valence-corrected chi connectivity index (χ3v) is 13.3. The van der Waals surface area contributed by atoms with Crippen LogP contribution in [0.5, 0.6) is 0 Å². The lowest BCUT2D eigenvalue weighted by molar-refractivity contribution is 0.577. The van der Waals surface area contributed by atoms with Crippen LogP contribution in [0.2, 0.25) is 0 Å². The molecule has 0 aliphatic heterocycles. The van der Waals surface area contributed by atoms with Gasteiger partial charge in [0.05, 0.1) is 11.7 Å². The predicted molar refractivity (Wildman–Crippen MR) is 347 cm³/mol. The van der Waals surface area contributed by atoms with Gasteiger partial charge in [-0.2, -0.15) is 8.75 Å². The van der Waals surface area contributed by atoms with Crippen LogP contribution in [-0.2, 0) is 43.3 Å².